The highest BCUT2D eigenvalue weighted by atomic mass is 32.1. The van der Waals surface area contributed by atoms with Crippen LogP contribution in [0.3, 0.4) is 0 Å². The molecular weight excluding hydrogens is 374 g/mol. The third-order valence-electron chi connectivity index (χ3n) is 4.49. The first-order valence-corrected chi connectivity index (χ1v) is 9.59. The number of benzene rings is 2. The minimum Gasteiger partial charge on any atom is -0.493 e. The Kier molecular flexibility index (Phi) is 4.83. The zero-order valence-electron chi connectivity index (χ0n) is 15.8. The number of ether oxygens (including phenoxy) is 2. The van der Waals surface area contributed by atoms with Crippen LogP contribution in [0.15, 0.2) is 52.9 Å². The maximum absolute atomic E-state index is 12.8. The highest BCUT2D eigenvalue weighted by Gasteiger charge is 2.11. The molecule has 0 unspecified atom stereocenters. The van der Waals surface area contributed by atoms with E-state index in [0.717, 1.165) is 21.8 Å². The fourth-order valence-corrected chi connectivity index (χ4v) is 3.85. The molecule has 6 nitrogen and oxygen atoms in total. The van der Waals surface area contributed by atoms with E-state index in [4.69, 9.17) is 9.47 Å². The molecule has 142 valence electrons. The molecule has 0 radical (unpaired) electrons. The number of fused-ring (bicyclic) bond motifs is 1. The highest BCUT2D eigenvalue weighted by Crippen LogP contribution is 2.33. The maximum Gasteiger partial charge on any atom is 0.261 e. The molecule has 0 aliphatic heterocycles. The zero-order chi connectivity index (χ0) is 19.7. The number of aryl methyl sites for hydroxylation is 1. The van der Waals surface area contributed by atoms with Gasteiger partial charge in [0.05, 0.1) is 43.7 Å². The quantitative estimate of drug-likeness (QED) is 0.515. The second kappa shape index (κ2) is 7.44. The Morgan fingerprint density at radius 1 is 1.07 bits per heavy atom. The van der Waals surface area contributed by atoms with E-state index in [1.807, 2.05) is 48.7 Å². The molecule has 0 bridgehead atoms. The van der Waals surface area contributed by atoms with E-state index in [1.54, 1.807) is 25.1 Å². The molecule has 0 atom stereocenters. The summed E-state index contributed by atoms with van der Waals surface area (Å²) in [5.41, 5.74) is 3.43. The van der Waals surface area contributed by atoms with E-state index in [-0.39, 0.29) is 5.56 Å². The summed E-state index contributed by atoms with van der Waals surface area (Å²) in [5, 5.41) is 3.44. The third kappa shape index (κ3) is 3.36. The average Bonchev–Trinajstić information content (AvgIpc) is 3.18. The fourth-order valence-electron chi connectivity index (χ4n) is 3.04. The van der Waals surface area contributed by atoms with Gasteiger partial charge in [0.1, 0.15) is 5.01 Å². The van der Waals surface area contributed by atoms with Crippen molar-refractivity contribution in [3.8, 4) is 22.1 Å². The van der Waals surface area contributed by atoms with Crippen LogP contribution in [0.1, 0.15) is 11.3 Å². The normalized spacial score (nSPS) is 11.0. The van der Waals surface area contributed by atoms with E-state index >= 15 is 0 Å². The first-order chi connectivity index (χ1) is 13.6. The molecule has 0 saturated carbocycles. The van der Waals surface area contributed by atoms with Crippen molar-refractivity contribution in [2.45, 2.75) is 13.5 Å². The average molecular weight is 393 g/mol. The van der Waals surface area contributed by atoms with Crippen LogP contribution in [-0.4, -0.2) is 28.8 Å². The van der Waals surface area contributed by atoms with Crippen molar-refractivity contribution in [3.63, 3.8) is 0 Å². The van der Waals surface area contributed by atoms with Crippen molar-refractivity contribution in [3.05, 3.63) is 69.7 Å². The van der Waals surface area contributed by atoms with Crippen LogP contribution in [-0.2, 0) is 6.54 Å². The van der Waals surface area contributed by atoms with Crippen LogP contribution in [0.5, 0.6) is 11.5 Å². The molecule has 28 heavy (non-hydrogen) atoms. The Labute approximate surface area is 166 Å². The summed E-state index contributed by atoms with van der Waals surface area (Å²) in [6.07, 6.45) is 1.58. The van der Waals surface area contributed by atoms with Gasteiger partial charge in [-0.2, -0.15) is 0 Å². The molecule has 2 aromatic heterocycles. The molecular formula is C21H19N3O3S. The number of methoxy groups -OCH3 is 2. The fraction of sp³-hybridized carbons (Fsp3) is 0.190. The Morgan fingerprint density at radius 2 is 1.89 bits per heavy atom. The molecule has 0 N–H and O–H groups in total. The summed E-state index contributed by atoms with van der Waals surface area (Å²) in [4.78, 5) is 21.9. The first-order valence-electron chi connectivity index (χ1n) is 8.71. The molecule has 4 rings (SSSR count). The Bertz CT molecular complexity index is 1210. The van der Waals surface area contributed by atoms with Gasteiger partial charge >= 0.3 is 0 Å². The largest absolute Gasteiger partial charge is 0.493 e. The molecule has 2 heterocycles. The van der Waals surface area contributed by atoms with E-state index < -0.39 is 0 Å². The predicted molar refractivity (Wildman–Crippen MR) is 110 cm³/mol. The van der Waals surface area contributed by atoms with Crippen LogP contribution >= 0.6 is 11.3 Å². The van der Waals surface area contributed by atoms with Gasteiger partial charge in [0.2, 0.25) is 0 Å². The van der Waals surface area contributed by atoms with Crippen LogP contribution in [0, 0.1) is 6.92 Å². The van der Waals surface area contributed by atoms with Gasteiger partial charge in [-0.25, -0.2) is 9.97 Å². The minimum absolute atomic E-state index is 0.0608. The smallest absolute Gasteiger partial charge is 0.261 e. The Hall–Kier alpha value is -3.19. The van der Waals surface area contributed by atoms with Gasteiger partial charge < -0.3 is 9.47 Å². The van der Waals surface area contributed by atoms with Crippen LogP contribution in [0.2, 0.25) is 0 Å². The molecule has 0 fully saturated rings. The summed E-state index contributed by atoms with van der Waals surface area (Å²) >= 11 is 1.52. The second-order valence-corrected chi connectivity index (χ2v) is 7.27. The van der Waals surface area contributed by atoms with Crippen molar-refractivity contribution in [1.29, 1.82) is 0 Å². The van der Waals surface area contributed by atoms with Gasteiger partial charge in [0, 0.05) is 10.9 Å². The van der Waals surface area contributed by atoms with Gasteiger partial charge in [-0.05, 0) is 37.3 Å². The highest BCUT2D eigenvalue weighted by molar-refractivity contribution is 7.13. The van der Waals surface area contributed by atoms with Crippen molar-refractivity contribution in [2.24, 2.45) is 0 Å². The van der Waals surface area contributed by atoms with Crippen LogP contribution in [0.25, 0.3) is 21.5 Å². The van der Waals surface area contributed by atoms with Crippen molar-refractivity contribution < 1.29 is 9.47 Å². The van der Waals surface area contributed by atoms with Crippen molar-refractivity contribution in [2.75, 3.05) is 14.2 Å². The van der Waals surface area contributed by atoms with Crippen molar-refractivity contribution >= 4 is 22.2 Å². The molecule has 0 amide bonds. The monoisotopic (exact) mass is 393 g/mol. The van der Waals surface area contributed by atoms with E-state index in [9.17, 15) is 4.79 Å². The van der Waals surface area contributed by atoms with E-state index in [0.29, 0.717) is 28.9 Å². The Morgan fingerprint density at radius 3 is 2.68 bits per heavy atom. The predicted octanol–water partition coefficient (Wildman–Crippen LogP) is 3.89. The molecule has 2 aromatic carbocycles. The lowest BCUT2D eigenvalue weighted by molar-refractivity contribution is 0.355. The number of aromatic nitrogens is 3. The molecule has 0 aliphatic carbocycles. The summed E-state index contributed by atoms with van der Waals surface area (Å²) in [6, 6.07) is 11.4. The second-order valence-electron chi connectivity index (χ2n) is 6.41. The molecule has 0 spiro atoms. The number of hydrogen-bond acceptors (Lipinski definition) is 6. The van der Waals surface area contributed by atoms with Crippen molar-refractivity contribution in [1.82, 2.24) is 14.5 Å². The molecule has 0 aliphatic rings. The van der Waals surface area contributed by atoms with Gasteiger partial charge in [-0.3, -0.25) is 9.36 Å². The number of rotatable bonds is 5. The summed E-state index contributed by atoms with van der Waals surface area (Å²) in [6.45, 7) is 2.34. The summed E-state index contributed by atoms with van der Waals surface area (Å²) < 4.78 is 12.2. The number of hydrogen-bond donors (Lipinski definition) is 0. The minimum atomic E-state index is -0.0608. The van der Waals surface area contributed by atoms with Gasteiger partial charge in [-0.1, -0.05) is 11.6 Å². The molecule has 7 heteroatoms. The SMILES string of the molecule is COc1ccc(-c2nc(Cn3cnc4ccc(C)cc4c3=O)cs2)cc1OC. The van der Waals surface area contributed by atoms with Gasteiger partial charge in [0.15, 0.2) is 11.5 Å². The molecule has 0 saturated heterocycles. The van der Waals surface area contributed by atoms with Crippen LogP contribution in [0.4, 0.5) is 0 Å². The van der Waals surface area contributed by atoms with Gasteiger partial charge in [-0.15, -0.1) is 11.3 Å². The Balaban J connectivity index is 1.65. The standard InChI is InChI=1S/C21H19N3O3S/c1-13-4-6-17-16(8-13)21(25)24(12-22-17)10-15-11-28-20(23-15)14-5-7-18(26-2)19(9-14)27-3/h4-9,11-12H,10H2,1-3H3. The van der Waals surface area contributed by atoms with Gasteiger partial charge in [0.25, 0.3) is 5.56 Å². The maximum atomic E-state index is 12.8. The lowest BCUT2D eigenvalue weighted by atomic mass is 10.2. The zero-order valence-corrected chi connectivity index (χ0v) is 16.6. The number of nitrogens with zero attached hydrogens (tertiary/aromatic N) is 3. The van der Waals surface area contributed by atoms with Crippen LogP contribution < -0.4 is 15.0 Å². The number of thiazole rings is 1. The first kappa shape index (κ1) is 18.2. The van der Waals surface area contributed by atoms with E-state index in [2.05, 4.69) is 9.97 Å². The summed E-state index contributed by atoms with van der Waals surface area (Å²) in [5.74, 6) is 1.33. The third-order valence-corrected chi connectivity index (χ3v) is 5.43. The van der Waals surface area contributed by atoms with E-state index in [1.165, 1.54) is 11.3 Å². The summed E-state index contributed by atoms with van der Waals surface area (Å²) in [7, 11) is 3.21. The lowest BCUT2D eigenvalue weighted by Gasteiger charge is -2.08. The lowest BCUT2D eigenvalue weighted by Crippen LogP contribution is -2.21. The topological polar surface area (TPSA) is 66.2 Å². The molecule has 4 aromatic rings.